The summed E-state index contributed by atoms with van der Waals surface area (Å²) in [7, 11) is -3.68. The zero-order valence-corrected chi connectivity index (χ0v) is 17.9. The molecule has 0 bridgehead atoms. The van der Waals surface area contributed by atoms with Crippen molar-refractivity contribution in [3.8, 4) is 0 Å². The van der Waals surface area contributed by atoms with E-state index < -0.39 is 10.0 Å². The van der Waals surface area contributed by atoms with Gasteiger partial charge in [0.05, 0.1) is 16.1 Å². The van der Waals surface area contributed by atoms with Crippen molar-refractivity contribution in [3.63, 3.8) is 0 Å². The van der Waals surface area contributed by atoms with Crippen molar-refractivity contribution in [1.82, 2.24) is 14.3 Å². The van der Waals surface area contributed by atoms with Gasteiger partial charge in [0, 0.05) is 19.5 Å². The highest BCUT2D eigenvalue weighted by atomic mass is 35.5. The van der Waals surface area contributed by atoms with E-state index in [1.54, 1.807) is 18.2 Å². The van der Waals surface area contributed by atoms with Crippen molar-refractivity contribution >= 4 is 32.7 Å². The average molecular weight is 440 g/mol. The van der Waals surface area contributed by atoms with Gasteiger partial charge in [0.15, 0.2) is 0 Å². The predicted octanol–water partition coefficient (Wildman–Crippen LogP) is 4.45. The van der Waals surface area contributed by atoms with E-state index in [2.05, 4.69) is 21.4 Å². The fourth-order valence-corrected chi connectivity index (χ4v) is 5.04. The first-order chi connectivity index (χ1) is 14.5. The fourth-order valence-electron chi connectivity index (χ4n) is 3.50. The topological polar surface area (TPSA) is 64.0 Å². The van der Waals surface area contributed by atoms with Gasteiger partial charge in [-0.1, -0.05) is 66.2 Å². The first kappa shape index (κ1) is 20.6. The Morgan fingerprint density at radius 1 is 0.867 bits per heavy atom. The molecule has 0 spiro atoms. The van der Waals surface area contributed by atoms with Gasteiger partial charge in [0.2, 0.25) is 10.0 Å². The number of halogens is 1. The quantitative estimate of drug-likeness (QED) is 0.441. The molecule has 4 rings (SSSR count). The Labute approximate surface area is 181 Å². The Morgan fingerprint density at radius 3 is 2.37 bits per heavy atom. The third kappa shape index (κ3) is 4.56. The SMILES string of the molecule is O=S(=O)(NCCn1c(CCc2ccccc2)nc2ccccc21)c1ccccc1Cl. The number of sulfonamides is 1. The van der Waals surface area contributed by atoms with Crippen molar-refractivity contribution in [2.24, 2.45) is 0 Å². The molecule has 1 heterocycles. The van der Waals surface area contributed by atoms with Crippen molar-refractivity contribution in [1.29, 1.82) is 0 Å². The zero-order valence-electron chi connectivity index (χ0n) is 16.3. The lowest BCUT2D eigenvalue weighted by Crippen LogP contribution is -2.28. The lowest BCUT2D eigenvalue weighted by Gasteiger charge is -2.12. The highest BCUT2D eigenvalue weighted by Gasteiger charge is 2.17. The highest BCUT2D eigenvalue weighted by Crippen LogP contribution is 2.21. The average Bonchev–Trinajstić information content (AvgIpc) is 3.11. The van der Waals surface area contributed by atoms with E-state index in [1.165, 1.54) is 11.6 Å². The third-order valence-electron chi connectivity index (χ3n) is 4.97. The summed E-state index contributed by atoms with van der Waals surface area (Å²) in [5.41, 5.74) is 3.16. The molecule has 0 amide bonds. The van der Waals surface area contributed by atoms with Gasteiger partial charge in [-0.15, -0.1) is 0 Å². The van der Waals surface area contributed by atoms with E-state index in [1.807, 2.05) is 42.5 Å². The molecule has 0 aliphatic rings. The number of nitrogens with zero attached hydrogens (tertiary/aromatic N) is 2. The van der Waals surface area contributed by atoms with Crippen LogP contribution in [0.2, 0.25) is 5.02 Å². The summed E-state index contributed by atoms with van der Waals surface area (Å²) in [4.78, 5) is 4.87. The van der Waals surface area contributed by atoms with Crippen LogP contribution < -0.4 is 4.72 Å². The largest absolute Gasteiger partial charge is 0.327 e. The lowest BCUT2D eigenvalue weighted by atomic mass is 10.1. The standard InChI is InChI=1S/C23H22ClN3O2S/c24-19-10-4-7-13-22(19)30(28,29)25-16-17-27-21-12-6-5-11-20(21)26-23(27)15-14-18-8-2-1-3-9-18/h1-13,25H,14-17H2. The van der Waals surface area contributed by atoms with E-state index in [9.17, 15) is 8.42 Å². The second-order valence-corrected chi connectivity index (χ2v) is 9.12. The lowest BCUT2D eigenvalue weighted by molar-refractivity contribution is 0.571. The van der Waals surface area contributed by atoms with Crippen LogP contribution in [0.15, 0.2) is 83.8 Å². The number of nitrogens with one attached hydrogen (secondary N) is 1. The van der Waals surface area contributed by atoms with Gasteiger partial charge in [0.1, 0.15) is 10.7 Å². The van der Waals surface area contributed by atoms with Gasteiger partial charge >= 0.3 is 0 Å². The minimum absolute atomic E-state index is 0.0893. The van der Waals surface area contributed by atoms with Crippen molar-refractivity contribution in [2.75, 3.05) is 6.54 Å². The van der Waals surface area contributed by atoms with Crippen molar-refractivity contribution < 1.29 is 8.42 Å². The van der Waals surface area contributed by atoms with Gasteiger partial charge in [-0.05, 0) is 36.2 Å². The number of para-hydroxylation sites is 2. The van der Waals surface area contributed by atoms with Crippen molar-refractivity contribution in [2.45, 2.75) is 24.3 Å². The Morgan fingerprint density at radius 2 is 1.57 bits per heavy atom. The van der Waals surface area contributed by atoms with Crippen LogP contribution in [-0.4, -0.2) is 24.5 Å². The first-order valence-corrected chi connectivity index (χ1v) is 11.6. The molecular formula is C23H22ClN3O2S. The van der Waals surface area contributed by atoms with Gasteiger partial charge in [0.25, 0.3) is 0 Å². The molecular weight excluding hydrogens is 418 g/mol. The molecule has 1 N–H and O–H groups in total. The molecule has 7 heteroatoms. The van der Waals surface area contributed by atoms with Crippen LogP contribution in [0.25, 0.3) is 11.0 Å². The number of fused-ring (bicyclic) bond motifs is 1. The molecule has 0 fully saturated rings. The van der Waals surface area contributed by atoms with Crippen LogP contribution in [0.3, 0.4) is 0 Å². The van der Waals surface area contributed by atoms with Crippen LogP contribution in [0, 0.1) is 0 Å². The minimum Gasteiger partial charge on any atom is -0.327 e. The smallest absolute Gasteiger partial charge is 0.242 e. The molecule has 0 saturated heterocycles. The Bertz CT molecular complexity index is 1250. The van der Waals surface area contributed by atoms with Crippen LogP contribution in [-0.2, 0) is 29.4 Å². The summed E-state index contributed by atoms with van der Waals surface area (Å²) in [5, 5.41) is 0.210. The number of benzene rings is 3. The minimum atomic E-state index is -3.68. The summed E-state index contributed by atoms with van der Waals surface area (Å²) in [6.45, 7) is 0.723. The summed E-state index contributed by atoms with van der Waals surface area (Å²) in [6.07, 6.45) is 1.64. The second kappa shape index (κ2) is 9.00. The van der Waals surface area contributed by atoms with E-state index in [4.69, 9.17) is 16.6 Å². The Balaban J connectivity index is 1.52. The van der Waals surface area contributed by atoms with Crippen molar-refractivity contribution in [3.05, 3.63) is 95.3 Å². The molecule has 5 nitrogen and oxygen atoms in total. The van der Waals surface area contributed by atoms with Crippen LogP contribution in [0.5, 0.6) is 0 Å². The maximum absolute atomic E-state index is 12.6. The number of aryl methyl sites for hydroxylation is 2. The van der Waals surface area contributed by atoms with E-state index in [-0.39, 0.29) is 16.5 Å². The summed E-state index contributed by atoms with van der Waals surface area (Å²) in [5.74, 6) is 0.942. The molecule has 3 aromatic carbocycles. The number of hydrogen-bond donors (Lipinski definition) is 1. The number of imidazole rings is 1. The summed E-state index contributed by atoms with van der Waals surface area (Å²) >= 11 is 6.06. The Hall–Kier alpha value is -2.67. The van der Waals surface area contributed by atoms with Crippen LogP contribution in [0.4, 0.5) is 0 Å². The van der Waals surface area contributed by atoms with Crippen LogP contribution >= 0.6 is 11.6 Å². The van der Waals surface area contributed by atoms with E-state index in [0.717, 1.165) is 29.7 Å². The molecule has 4 aromatic rings. The monoisotopic (exact) mass is 439 g/mol. The Kier molecular flexibility index (Phi) is 6.18. The highest BCUT2D eigenvalue weighted by molar-refractivity contribution is 7.89. The predicted molar refractivity (Wildman–Crippen MR) is 120 cm³/mol. The van der Waals surface area contributed by atoms with Crippen LogP contribution in [0.1, 0.15) is 11.4 Å². The number of rotatable bonds is 8. The van der Waals surface area contributed by atoms with Gasteiger partial charge < -0.3 is 4.57 Å². The summed E-state index contributed by atoms with van der Waals surface area (Å²) in [6, 6.07) is 24.6. The molecule has 0 aliphatic carbocycles. The molecule has 154 valence electrons. The third-order valence-corrected chi connectivity index (χ3v) is 6.93. The molecule has 0 saturated carbocycles. The maximum atomic E-state index is 12.6. The normalized spacial score (nSPS) is 11.8. The molecule has 1 aromatic heterocycles. The first-order valence-electron chi connectivity index (χ1n) is 9.77. The van der Waals surface area contributed by atoms with Gasteiger partial charge in [-0.2, -0.15) is 0 Å². The molecule has 0 aliphatic heterocycles. The van der Waals surface area contributed by atoms with E-state index >= 15 is 0 Å². The molecule has 30 heavy (non-hydrogen) atoms. The number of hydrogen-bond acceptors (Lipinski definition) is 3. The molecule has 0 unspecified atom stereocenters. The molecule has 0 atom stereocenters. The second-order valence-electron chi connectivity index (χ2n) is 6.98. The zero-order chi connectivity index (χ0) is 21.0. The van der Waals surface area contributed by atoms with E-state index in [0.29, 0.717) is 6.54 Å². The fraction of sp³-hybridized carbons (Fsp3) is 0.174. The van der Waals surface area contributed by atoms with Gasteiger partial charge in [-0.25, -0.2) is 18.1 Å². The summed E-state index contributed by atoms with van der Waals surface area (Å²) < 4.78 is 30.0. The maximum Gasteiger partial charge on any atom is 0.242 e. The van der Waals surface area contributed by atoms with Gasteiger partial charge in [-0.3, -0.25) is 0 Å². The number of aromatic nitrogens is 2. The molecule has 0 radical (unpaired) electrons.